The maximum absolute atomic E-state index is 11.2. The number of hydrogen-bond acceptors (Lipinski definition) is 7. The van der Waals surface area contributed by atoms with Crippen LogP contribution >= 0.6 is 0 Å². The summed E-state index contributed by atoms with van der Waals surface area (Å²) in [4.78, 5) is 78.7. The van der Waals surface area contributed by atoms with Crippen LogP contribution in [0.15, 0.2) is 0 Å². The van der Waals surface area contributed by atoms with Gasteiger partial charge in [0.05, 0.1) is 0 Å². The Morgan fingerprint density at radius 3 is 0.429 bits per heavy atom. The van der Waals surface area contributed by atoms with Crippen LogP contribution in [-0.4, -0.2) is 44.0 Å². The standard InChI is InChI=1S/C14H14O7/c15-1-8-9(2-16)11(4-18)13(6-20)14(7-21)12(5-19)10(8)3-17/h1-14H. The molecule has 0 spiro atoms. The van der Waals surface area contributed by atoms with Gasteiger partial charge in [-0.3, -0.25) is 0 Å². The van der Waals surface area contributed by atoms with Crippen LogP contribution in [0.4, 0.5) is 0 Å². The summed E-state index contributed by atoms with van der Waals surface area (Å²) in [7, 11) is 0. The Morgan fingerprint density at radius 2 is 0.381 bits per heavy atom. The number of aldehydes is 7. The number of carbonyl (C=O) groups is 7. The fourth-order valence-corrected chi connectivity index (χ4v) is 3.07. The van der Waals surface area contributed by atoms with Crippen LogP contribution in [0.2, 0.25) is 0 Å². The highest BCUT2D eigenvalue weighted by molar-refractivity contribution is 5.83. The van der Waals surface area contributed by atoms with E-state index in [2.05, 4.69) is 0 Å². The third kappa shape index (κ3) is 2.76. The normalized spacial score (nSPS) is 39.3. The van der Waals surface area contributed by atoms with Gasteiger partial charge in [-0.05, 0) is 0 Å². The zero-order valence-corrected chi connectivity index (χ0v) is 10.9. The van der Waals surface area contributed by atoms with Crippen LogP contribution in [0.3, 0.4) is 0 Å². The highest BCUT2D eigenvalue weighted by Gasteiger charge is 2.50. The molecule has 7 nitrogen and oxygen atoms in total. The van der Waals surface area contributed by atoms with E-state index in [9.17, 15) is 33.6 Å². The number of hydrogen-bond donors (Lipinski definition) is 0. The van der Waals surface area contributed by atoms with Gasteiger partial charge in [-0.1, -0.05) is 0 Å². The molecule has 21 heavy (non-hydrogen) atoms. The fourth-order valence-electron chi connectivity index (χ4n) is 3.07. The summed E-state index contributed by atoms with van der Waals surface area (Å²) < 4.78 is 0. The van der Waals surface area contributed by atoms with Crippen LogP contribution in [-0.2, 0) is 33.6 Å². The summed E-state index contributed by atoms with van der Waals surface area (Å²) in [6, 6.07) is 0. The van der Waals surface area contributed by atoms with Gasteiger partial charge in [-0.15, -0.1) is 0 Å². The van der Waals surface area contributed by atoms with Crippen LogP contribution in [0.1, 0.15) is 0 Å². The summed E-state index contributed by atoms with van der Waals surface area (Å²) in [6.07, 6.45) is 2.24. The van der Waals surface area contributed by atoms with Crippen molar-refractivity contribution in [1.82, 2.24) is 0 Å². The Labute approximate surface area is 120 Å². The largest absolute Gasteiger partial charge is 0.303 e. The SMILES string of the molecule is O=CC1C(C=O)C(C=O)C(C=O)C(C=O)C(C=O)C1C=O. The molecule has 0 aromatic heterocycles. The van der Waals surface area contributed by atoms with Crippen molar-refractivity contribution < 1.29 is 33.6 Å². The maximum atomic E-state index is 11.2. The molecule has 1 fully saturated rings. The van der Waals surface area contributed by atoms with Gasteiger partial charge in [0.2, 0.25) is 0 Å². The first-order chi connectivity index (χ1) is 10.1. The van der Waals surface area contributed by atoms with Crippen molar-refractivity contribution in [3.8, 4) is 0 Å². The molecule has 0 atom stereocenters. The topological polar surface area (TPSA) is 119 Å². The lowest BCUT2D eigenvalue weighted by Gasteiger charge is -2.24. The molecule has 1 aliphatic rings. The lowest BCUT2D eigenvalue weighted by Crippen LogP contribution is -2.34. The molecule has 0 heterocycles. The van der Waals surface area contributed by atoms with E-state index in [-0.39, 0.29) is 0 Å². The summed E-state index contributed by atoms with van der Waals surface area (Å²) in [5.74, 6) is -8.57. The predicted octanol–water partition coefficient (Wildman–Crippen LogP) is -1.29. The van der Waals surface area contributed by atoms with Gasteiger partial charge in [0.15, 0.2) is 0 Å². The Bertz CT molecular complexity index is 326. The Balaban J connectivity index is 3.55. The molecule has 0 N–H and O–H groups in total. The van der Waals surface area contributed by atoms with Gasteiger partial charge >= 0.3 is 0 Å². The smallest absolute Gasteiger partial charge is 0.124 e. The number of rotatable bonds is 7. The van der Waals surface area contributed by atoms with Gasteiger partial charge < -0.3 is 33.6 Å². The first-order valence-electron chi connectivity index (χ1n) is 6.32. The second-order valence-corrected chi connectivity index (χ2v) is 4.99. The lowest BCUT2D eigenvalue weighted by atomic mass is 9.75. The molecule has 7 heteroatoms. The van der Waals surface area contributed by atoms with E-state index in [0.29, 0.717) is 44.0 Å². The molecular weight excluding hydrogens is 280 g/mol. The second kappa shape index (κ2) is 7.47. The Kier molecular flexibility index (Phi) is 5.95. The molecule has 0 radical (unpaired) electrons. The fraction of sp³-hybridized carbons (Fsp3) is 0.500. The van der Waals surface area contributed by atoms with Crippen molar-refractivity contribution in [3.05, 3.63) is 0 Å². The van der Waals surface area contributed by atoms with Crippen molar-refractivity contribution >= 4 is 44.0 Å². The van der Waals surface area contributed by atoms with Gasteiger partial charge in [-0.2, -0.15) is 0 Å². The molecule has 0 aromatic carbocycles. The Morgan fingerprint density at radius 1 is 0.286 bits per heavy atom. The van der Waals surface area contributed by atoms with E-state index >= 15 is 0 Å². The highest BCUT2D eigenvalue weighted by atomic mass is 16.1. The van der Waals surface area contributed by atoms with E-state index in [1.807, 2.05) is 0 Å². The molecule has 112 valence electrons. The molecule has 1 rings (SSSR count). The van der Waals surface area contributed by atoms with Crippen LogP contribution in [0, 0.1) is 41.4 Å². The minimum Gasteiger partial charge on any atom is -0.303 e. The molecule has 0 unspecified atom stereocenters. The van der Waals surface area contributed by atoms with Crippen molar-refractivity contribution in [3.63, 3.8) is 0 Å². The Hall–Kier alpha value is -2.31. The summed E-state index contributed by atoms with van der Waals surface area (Å²) in [5.41, 5.74) is 0. The van der Waals surface area contributed by atoms with E-state index < -0.39 is 41.4 Å². The van der Waals surface area contributed by atoms with Gasteiger partial charge in [0.25, 0.3) is 0 Å². The molecule has 1 aliphatic carbocycles. The minimum absolute atomic E-state index is 0.320. The lowest BCUT2D eigenvalue weighted by molar-refractivity contribution is -0.131. The van der Waals surface area contributed by atoms with Crippen LogP contribution in [0.25, 0.3) is 0 Å². The quantitative estimate of drug-likeness (QED) is 0.423. The molecular formula is C14H14O7. The van der Waals surface area contributed by atoms with Crippen LogP contribution < -0.4 is 0 Å². The first-order valence-corrected chi connectivity index (χ1v) is 6.32. The molecule has 0 saturated heterocycles. The molecule has 0 amide bonds. The third-order valence-corrected chi connectivity index (χ3v) is 4.21. The molecule has 0 aliphatic heterocycles. The minimum atomic E-state index is -1.22. The zero-order chi connectivity index (χ0) is 16.0. The van der Waals surface area contributed by atoms with E-state index in [0.717, 1.165) is 0 Å². The average Bonchev–Trinajstić information content (AvgIpc) is 2.63. The third-order valence-electron chi connectivity index (χ3n) is 4.21. The van der Waals surface area contributed by atoms with Crippen LogP contribution in [0.5, 0.6) is 0 Å². The van der Waals surface area contributed by atoms with Crippen molar-refractivity contribution in [1.29, 1.82) is 0 Å². The zero-order valence-electron chi connectivity index (χ0n) is 10.9. The molecule has 0 aromatic rings. The summed E-state index contributed by atoms with van der Waals surface area (Å²) >= 11 is 0. The average molecular weight is 294 g/mol. The van der Waals surface area contributed by atoms with E-state index in [1.165, 1.54) is 0 Å². The van der Waals surface area contributed by atoms with E-state index in [4.69, 9.17) is 0 Å². The maximum Gasteiger partial charge on any atom is 0.124 e. The van der Waals surface area contributed by atoms with E-state index in [1.54, 1.807) is 0 Å². The van der Waals surface area contributed by atoms with Crippen molar-refractivity contribution in [2.24, 2.45) is 41.4 Å². The summed E-state index contributed by atoms with van der Waals surface area (Å²) in [5, 5.41) is 0. The van der Waals surface area contributed by atoms with Crippen molar-refractivity contribution in [2.45, 2.75) is 0 Å². The second-order valence-electron chi connectivity index (χ2n) is 4.99. The highest BCUT2D eigenvalue weighted by Crippen LogP contribution is 2.41. The number of carbonyl (C=O) groups excluding carboxylic acids is 7. The van der Waals surface area contributed by atoms with Crippen molar-refractivity contribution in [2.75, 3.05) is 0 Å². The van der Waals surface area contributed by atoms with Gasteiger partial charge in [0.1, 0.15) is 44.0 Å². The van der Waals surface area contributed by atoms with Gasteiger partial charge in [0, 0.05) is 41.4 Å². The van der Waals surface area contributed by atoms with Gasteiger partial charge in [-0.25, -0.2) is 0 Å². The molecule has 1 saturated carbocycles. The molecule has 0 bridgehead atoms. The monoisotopic (exact) mass is 294 g/mol. The summed E-state index contributed by atoms with van der Waals surface area (Å²) in [6.45, 7) is 0. The predicted molar refractivity (Wildman–Crippen MR) is 66.9 cm³/mol. The first kappa shape index (κ1) is 16.7.